The number of hydrogen-bond acceptors (Lipinski definition) is 4. The molecule has 0 saturated carbocycles. The minimum absolute atomic E-state index is 0.149. The SMILES string of the molecule is Nc1cnccc1NC1COc2ccccc21. The lowest BCUT2D eigenvalue weighted by molar-refractivity contribution is 0.340. The number of nitrogen functional groups attached to an aromatic ring is 1. The van der Waals surface area contributed by atoms with E-state index in [2.05, 4.69) is 16.4 Å². The van der Waals surface area contributed by atoms with Crippen molar-refractivity contribution in [3.63, 3.8) is 0 Å². The van der Waals surface area contributed by atoms with E-state index in [1.54, 1.807) is 12.4 Å². The molecule has 3 rings (SSSR count). The van der Waals surface area contributed by atoms with E-state index in [1.807, 2.05) is 24.3 Å². The summed E-state index contributed by atoms with van der Waals surface area (Å²) in [5.74, 6) is 0.942. The maximum Gasteiger partial charge on any atom is 0.124 e. The van der Waals surface area contributed by atoms with Gasteiger partial charge in [-0.3, -0.25) is 4.98 Å². The van der Waals surface area contributed by atoms with E-state index in [0.717, 1.165) is 11.4 Å². The number of nitrogens with zero attached hydrogens (tertiary/aromatic N) is 1. The van der Waals surface area contributed by atoms with Crippen molar-refractivity contribution in [2.24, 2.45) is 0 Å². The molecule has 3 N–H and O–H groups in total. The predicted molar refractivity (Wildman–Crippen MR) is 67.0 cm³/mol. The number of aromatic nitrogens is 1. The molecular formula is C13H13N3O. The van der Waals surface area contributed by atoms with Gasteiger partial charge in [-0.1, -0.05) is 18.2 Å². The minimum Gasteiger partial charge on any atom is -0.491 e. The first-order valence-corrected chi connectivity index (χ1v) is 5.52. The molecule has 0 bridgehead atoms. The number of fused-ring (bicyclic) bond motifs is 1. The molecule has 1 atom stereocenters. The molecule has 1 aromatic heterocycles. The lowest BCUT2D eigenvalue weighted by Crippen LogP contribution is -2.13. The summed E-state index contributed by atoms with van der Waals surface area (Å²) in [6.45, 7) is 0.626. The van der Waals surface area contributed by atoms with Crippen molar-refractivity contribution in [2.45, 2.75) is 6.04 Å². The fourth-order valence-electron chi connectivity index (χ4n) is 2.01. The fourth-order valence-corrected chi connectivity index (χ4v) is 2.01. The molecule has 0 saturated heterocycles. The van der Waals surface area contributed by atoms with Crippen LogP contribution in [-0.4, -0.2) is 11.6 Å². The molecule has 0 fully saturated rings. The molecule has 0 spiro atoms. The summed E-state index contributed by atoms with van der Waals surface area (Å²) >= 11 is 0. The molecule has 2 heterocycles. The Hall–Kier alpha value is -2.23. The van der Waals surface area contributed by atoms with Crippen LogP contribution in [0.3, 0.4) is 0 Å². The van der Waals surface area contributed by atoms with Crippen molar-refractivity contribution in [3.05, 3.63) is 48.3 Å². The van der Waals surface area contributed by atoms with Gasteiger partial charge in [-0.25, -0.2) is 0 Å². The van der Waals surface area contributed by atoms with E-state index in [-0.39, 0.29) is 6.04 Å². The lowest BCUT2D eigenvalue weighted by Gasteiger charge is -2.14. The van der Waals surface area contributed by atoms with Gasteiger partial charge in [0.25, 0.3) is 0 Å². The fraction of sp³-hybridized carbons (Fsp3) is 0.154. The topological polar surface area (TPSA) is 60.2 Å². The Morgan fingerprint density at radius 3 is 3.06 bits per heavy atom. The number of ether oxygens (including phenoxy) is 1. The monoisotopic (exact) mass is 227 g/mol. The molecule has 1 aromatic carbocycles. The summed E-state index contributed by atoms with van der Waals surface area (Å²) in [6, 6.07) is 10.1. The second kappa shape index (κ2) is 3.97. The van der Waals surface area contributed by atoms with Crippen LogP contribution in [0.4, 0.5) is 11.4 Å². The van der Waals surface area contributed by atoms with Crippen LogP contribution < -0.4 is 15.8 Å². The Bertz CT molecular complexity index is 542. The quantitative estimate of drug-likeness (QED) is 0.825. The largest absolute Gasteiger partial charge is 0.491 e. The maximum atomic E-state index is 5.85. The second-order valence-corrected chi connectivity index (χ2v) is 4.01. The first kappa shape index (κ1) is 9.96. The molecule has 17 heavy (non-hydrogen) atoms. The van der Waals surface area contributed by atoms with Crippen molar-refractivity contribution in [3.8, 4) is 5.75 Å². The van der Waals surface area contributed by atoms with E-state index in [1.165, 1.54) is 5.56 Å². The Morgan fingerprint density at radius 1 is 1.29 bits per heavy atom. The van der Waals surface area contributed by atoms with Gasteiger partial charge >= 0.3 is 0 Å². The molecule has 0 radical (unpaired) electrons. The van der Waals surface area contributed by atoms with Gasteiger partial charge in [0.2, 0.25) is 0 Å². The first-order valence-electron chi connectivity index (χ1n) is 5.52. The summed E-state index contributed by atoms with van der Waals surface area (Å²) in [5, 5.41) is 3.38. The Labute approximate surface area is 99.4 Å². The van der Waals surface area contributed by atoms with E-state index >= 15 is 0 Å². The zero-order valence-electron chi connectivity index (χ0n) is 9.26. The average Bonchev–Trinajstić information content (AvgIpc) is 2.76. The van der Waals surface area contributed by atoms with Gasteiger partial charge in [0.1, 0.15) is 12.4 Å². The molecule has 86 valence electrons. The van der Waals surface area contributed by atoms with Crippen molar-refractivity contribution >= 4 is 11.4 Å². The van der Waals surface area contributed by atoms with Gasteiger partial charge in [-0.15, -0.1) is 0 Å². The van der Waals surface area contributed by atoms with Gasteiger partial charge in [0, 0.05) is 11.8 Å². The highest BCUT2D eigenvalue weighted by atomic mass is 16.5. The molecule has 1 aliphatic heterocycles. The molecule has 2 aromatic rings. The van der Waals surface area contributed by atoms with Crippen LogP contribution in [0.5, 0.6) is 5.75 Å². The third-order valence-corrected chi connectivity index (χ3v) is 2.88. The predicted octanol–water partition coefficient (Wildman–Crippen LogP) is 2.21. The van der Waals surface area contributed by atoms with Crippen LogP contribution in [0, 0.1) is 0 Å². The van der Waals surface area contributed by atoms with Crippen LogP contribution in [0.2, 0.25) is 0 Å². The highest BCUT2D eigenvalue weighted by Gasteiger charge is 2.23. The van der Waals surface area contributed by atoms with Crippen LogP contribution in [0.15, 0.2) is 42.7 Å². The molecule has 1 aliphatic rings. The smallest absolute Gasteiger partial charge is 0.124 e. The Morgan fingerprint density at radius 2 is 2.18 bits per heavy atom. The Kier molecular flexibility index (Phi) is 2.33. The molecule has 0 amide bonds. The van der Waals surface area contributed by atoms with E-state index in [9.17, 15) is 0 Å². The van der Waals surface area contributed by atoms with Crippen LogP contribution in [0.1, 0.15) is 11.6 Å². The normalized spacial score (nSPS) is 17.3. The van der Waals surface area contributed by atoms with Crippen molar-refractivity contribution in [1.82, 2.24) is 4.98 Å². The number of nitrogens with two attached hydrogens (primary N) is 1. The standard InChI is InChI=1S/C13H13N3O/c14-10-7-15-6-5-11(10)16-12-8-17-13-4-2-1-3-9(12)13/h1-7,12H,8,14H2,(H,15,16). The van der Waals surface area contributed by atoms with Gasteiger partial charge in [-0.05, 0) is 12.1 Å². The summed E-state index contributed by atoms with van der Waals surface area (Å²) in [5.41, 5.74) is 8.57. The van der Waals surface area contributed by atoms with Gasteiger partial charge in [-0.2, -0.15) is 0 Å². The molecule has 0 aliphatic carbocycles. The highest BCUT2D eigenvalue weighted by molar-refractivity contribution is 5.65. The van der Waals surface area contributed by atoms with Crippen LogP contribution in [0.25, 0.3) is 0 Å². The number of nitrogens with one attached hydrogen (secondary N) is 1. The Balaban J connectivity index is 1.87. The molecule has 1 unspecified atom stereocenters. The molecule has 4 heteroatoms. The number of benzene rings is 1. The zero-order chi connectivity index (χ0) is 11.7. The average molecular weight is 227 g/mol. The number of rotatable bonds is 2. The third-order valence-electron chi connectivity index (χ3n) is 2.88. The van der Waals surface area contributed by atoms with Gasteiger partial charge in [0.15, 0.2) is 0 Å². The summed E-state index contributed by atoms with van der Waals surface area (Å²) < 4.78 is 5.60. The van der Waals surface area contributed by atoms with E-state index in [4.69, 9.17) is 10.5 Å². The van der Waals surface area contributed by atoms with Gasteiger partial charge < -0.3 is 15.8 Å². The van der Waals surface area contributed by atoms with E-state index < -0.39 is 0 Å². The van der Waals surface area contributed by atoms with Gasteiger partial charge in [0.05, 0.1) is 23.6 Å². The van der Waals surface area contributed by atoms with Crippen molar-refractivity contribution in [1.29, 1.82) is 0 Å². The lowest BCUT2D eigenvalue weighted by atomic mass is 10.1. The minimum atomic E-state index is 0.149. The number of pyridine rings is 1. The summed E-state index contributed by atoms with van der Waals surface area (Å²) in [4.78, 5) is 3.97. The zero-order valence-corrected chi connectivity index (χ0v) is 9.26. The second-order valence-electron chi connectivity index (χ2n) is 4.01. The van der Waals surface area contributed by atoms with Crippen molar-refractivity contribution < 1.29 is 4.74 Å². The third kappa shape index (κ3) is 1.78. The number of para-hydroxylation sites is 1. The molecule has 4 nitrogen and oxygen atoms in total. The maximum absolute atomic E-state index is 5.85. The number of anilines is 2. The first-order chi connectivity index (χ1) is 8.34. The number of hydrogen-bond donors (Lipinski definition) is 2. The summed E-state index contributed by atoms with van der Waals surface area (Å²) in [6.07, 6.45) is 3.37. The van der Waals surface area contributed by atoms with Crippen molar-refractivity contribution in [2.75, 3.05) is 17.7 Å². The van der Waals surface area contributed by atoms with Crippen LogP contribution >= 0.6 is 0 Å². The summed E-state index contributed by atoms with van der Waals surface area (Å²) in [7, 11) is 0. The molecular weight excluding hydrogens is 214 g/mol. The highest BCUT2D eigenvalue weighted by Crippen LogP contribution is 2.34. The van der Waals surface area contributed by atoms with E-state index in [0.29, 0.717) is 12.3 Å². The van der Waals surface area contributed by atoms with Crippen LogP contribution in [-0.2, 0) is 0 Å².